The molecule has 0 N–H and O–H groups in total. The molecule has 0 atom stereocenters. The molecule has 8 heteroatoms. The molecule has 1 fully saturated rings. The molecule has 1 aliphatic heterocycles. The lowest BCUT2D eigenvalue weighted by Crippen LogP contribution is -2.44. The summed E-state index contributed by atoms with van der Waals surface area (Å²) < 4.78 is 7.20. The average molecular weight is 389 g/mol. The van der Waals surface area contributed by atoms with Crippen LogP contribution in [0, 0.1) is 11.3 Å². The van der Waals surface area contributed by atoms with E-state index in [-0.39, 0.29) is 24.1 Å². The molecule has 0 bridgehead atoms. The zero-order valence-corrected chi connectivity index (χ0v) is 15.7. The highest BCUT2D eigenvalue weighted by atomic mass is 16.5. The Bertz CT molecular complexity index is 1140. The van der Waals surface area contributed by atoms with Crippen LogP contribution >= 0.6 is 0 Å². The second-order valence-electron chi connectivity index (χ2n) is 6.86. The number of fused-ring (bicyclic) bond motifs is 1. The average Bonchev–Trinajstić information content (AvgIpc) is 2.77. The highest BCUT2D eigenvalue weighted by Crippen LogP contribution is 2.20. The van der Waals surface area contributed by atoms with Gasteiger partial charge in [0.2, 0.25) is 11.8 Å². The molecule has 0 unspecified atom stereocenters. The van der Waals surface area contributed by atoms with Gasteiger partial charge in [-0.1, -0.05) is 12.1 Å². The Morgan fingerprint density at radius 3 is 2.76 bits per heavy atom. The summed E-state index contributed by atoms with van der Waals surface area (Å²) in [6.45, 7) is 1.00. The molecule has 8 nitrogen and oxygen atoms in total. The standard InChI is InChI=1S/C21H19N5O3/c22-12-15-4-3-9-23-20(15)29-16-7-10-25(11-8-16)19(27)13-26-14-24-18-6-2-1-5-17(18)21(26)28/h1-6,9,14,16H,7-8,10-11,13H2. The van der Waals surface area contributed by atoms with Crippen LogP contribution in [0.1, 0.15) is 18.4 Å². The molecule has 0 saturated carbocycles. The number of pyridine rings is 1. The first-order valence-electron chi connectivity index (χ1n) is 9.39. The summed E-state index contributed by atoms with van der Waals surface area (Å²) in [5.74, 6) is 0.201. The number of ether oxygens (including phenoxy) is 1. The van der Waals surface area contributed by atoms with Gasteiger partial charge in [-0.05, 0) is 24.3 Å². The van der Waals surface area contributed by atoms with Crippen LogP contribution in [0.25, 0.3) is 10.9 Å². The number of piperidine rings is 1. The second kappa shape index (κ2) is 8.10. The van der Waals surface area contributed by atoms with E-state index < -0.39 is 0 Å². The van der Waals surface area contributed by atoms with Gasteiger partial charge in [-0.15, -0.1) is 0 Å². The van der Waals surface area contributed by atoms with Gasteiger partial charge in [-0.25, -0.2) is 9.97 Å². The predicted molar refractivity (Wildman–Crippen MR) is 105 cm³/mol. The van der Waals surface area contributed by atoms with Gasteiger partial charge in [0.05, 0.1) is 17.2 Å². The van der Waals surface area contributed by atoms with Crippen molar-refractivity contribution in [2.45, 2.75) is 25.5 Å². The van der Waals surface area contributed by atoms with E-state index in [9.17, 15) is 9.59 Å². The Hall–Kier alpha value is -3.73. The first kappa shape index (κ1) is 18.6. The Morgan fingerprint density at radius 2 is 1.97 bits per heavy atom. The van der Waals surface area contributed by atoms with E-state index in [0.29, 0.717) is 48.3 Å². The number of nitrogens with zero attached hydrogens (tertiary/aromatic N) is 5. The lowest BCUT2D eigenvalue weighted by atomic mass is 10.1. The zero-order chi connectivity index (χ0) is 20.2. The van der Waals surface area contributed by atoms with Crippen molar-refractivity contribution in [3.63, 3.8) is 0 Å². The van der Waals surface area contributed by atoms with Gasteiger partial charge < -0.3 is 9.64 Å². The van der Waals surface area contributed by atoms with Crippen LogP contribution in [0.2, 0.25) is 0 Å². The topological polar surface area (TPSA) is 101 Å². The lowest BCUT2D eigenvalue weighted by molar-refractivity contribution is -0.133. The third-order valence-electron chi connectivity index (χ3n) is 5.00. The molecule has 29 heavy (non-hydrogen) atoms. The SMILES string of the molecule is N#Cc1cccnc1OC1CCN(C(=O)Cn2cnc3ccccc3c2=O)CC1. The van der Waals surface area contributed by atoms with Crippen LogP contribution in [0.3, 0.4) is 0 Å². The number of benzene rings is 1. The van der Waals surface area contributed by atoms with Crippen LogP contribution < -0.4 is 10.3 Å². The molecular weight excluding hydrogens is 370 g/mol. The molecule has 1 amide bonds. The molecule has 1 aromatic carbocycles. The summed E-state index contributed by atoms with van der Waals surface area (Å²) in [5.41, 5.74) is 0.793. The molecule has 146 valence electrons. The van der Waals surface area contributed by atoms with Crippen molar-refractivity contribution >= 4 is 16.8 Å². The van der Waals surface area contributed by atoms with Crippen LogP contribution in [0.15, 0.2) is 53.7 Å². The number of rotatable bonds is 4. The third-order valence-corrected chi connectivity index (χ3v) is 5.00. The third kappa shape index (κ3) is 3.94. The Morgan fingerprint density at radius 1 is 1.17 bits per heavy atom. The summed E-state index contributed by atoms with van der Waals surface area (Å²) in [7, 11) is 0. The van der Waals surface area contributed by atoms with Crippen LogP contribution in [-0.4, -0.2) is 44.5 Å². The maximum atomic E-state index is 12.7. The minimum atomic E-state index is -0.221. The molecule has 3 aromatic rings. The number of hydrogen-bond donors (Lipinski definition) is 0. The number of carbonyl (C=O) groups excluding carboxylic acids is 1. The van der Waals surface area contributed by atoms with E-state index in [1.165, 1.54) is 10.9 Å². The highest BCUT2D eigenvalue weighted by molar-refractivity contribution is 5.79. The van der Waals surface area contributed by atoms with E-state index in [1.54, 1.807) is 41.4 Å². The Labute approximate surface area is 167 Å². The van der Waals surface area contributed by atoms with Crippen LogP contribution in [0.5, 0.6) is 5.88 Å². The fourth-order valence-electron chi connectivity index (χ4n) is 3.42. The van der Waals surface area contributed by atoms with Gasteiger partial charge in [-0.3, -0.25) is 14.2 Å². The van der Waals surface area contributed by atoms with Gasteiger partial charge in [0.1, 0.15) is 24.3 Å². The van der Waals surface area contributed by atoms with Crippen molar-refractivity contribution in [2.75, 3.05) is 13.1 Å². The molecule has 4 rings (SSSR count). The van der Waals surface area contributed by atoms with E-state index >= 15 is 0 Å². The maximum Gasteiger partial charge on any atom is 0.261 e. The fraction of sp³-hybridized carbons (Fsp3) is 0.286. The molecule has 1 saturated heterocycles. The Kier molecular flexibility index (Phi) is 5.20. The maximum absolute atomic E-state index is 12.7. The van der Waals surface area contributed by atoms with Gasteiger partial charge >= 0.3 is 0 Å². The molecular formula is C21H19N5O3. The van der Waals surface area contributed by atoms with E-state index in [4.69, 9.17) is 10.00 Å². The van der Waals surface area contributed by atoms with Crippen molar-refractivity contribution in [3.05, 3.63) is 64.8 Å². The van der Waals surface area contributed by atoms with Gasteiger partial charge in [0.25, 0.3) is 5.56 Å². The van der Waals surface area contributed by atoms with Crippen molar-refractivity contribution < 1.29 is 9.53 Å². The van der Waals surface area contributed by atoms with E-state index in [0.717, 1.165) is 0 Å². The number of nitriles is 1. The van der Waals surface area contributed by atoms with Gasteiger partial charge in [-0.2, -0.15) is 5.26 Å². The summed E-state index contributed by atoms with van der Waals surface area (Å²) in [6, 6.07) is 12.5. The van der Waals surface area contributed by atoms with Crippen molar-refractivity contribution in [1.82, 2.24) is 19.4 Å². The molecule has 0 radical (unpaired) electrons. The molecule has 0 spiro atoms. The Balaban J connectivity index is 1.38. The van der Waals surface area contributed by atoms with Gasteiger partial charge in [0.15, 0.2) is 0 Å². The first-order chi connectivity index (χ1) is 14.2. The molecule has 3 heterocycles. The normalized spacial score (nSPS) is 14.5. The first-order valence-corrected chi connectivity index (χ1v) is 9.39. The zero-order valence-electron chi connectivity index (χ0n) is 15.7. The second-order valence-corrected chi connectivity index (χ2v) is 6.86. The summed E-state index contributed by atoms with van der Waals surface area (Å²) >= 11 is 0. The summed E-state index contributed by atoms with van der Waals surface area (Å²) in [5, 5.41) is 9.63. The molecule has 2 aromatic heterocycles. The fourth-order valence-corrected chi connectivity index (χ4v) is 3.42. The van der Waals surface area contributed by atoms with Gasteiger partial charge in [0, 0.05) is 32.1 Å². The van der Waals surface area contributed by atoms with E-state index in [1.807, 2.05) is 6.07 Å². The van der Waals surface area contributed by atoms with Crippen molar-refractivity contribution in [2.24, 2.45) is 0 Å². The quantitative estimate of drug-likeness (QED) is 0.674. The number of hydrogen-bond acceptors (Lipinski definition) is 6. The smallest absolute Gasteiger partial charge is 0.261 e. The van der Waals surface area contributed by atoms with Crippen LogP contribution in [-0.2, 0) is 11.3 Å². The van der Waals surface area contributed by atoms with E-state index in [2.05, 4.69) is 16.0 Å². The number of likely N-dealkylation sites (tertiary alicyclic amines) is 1. The lowest BCUT2D eigenvalue weighted by Gasteiger charge is -2.32. The summed E-state index contributed by atoms with van der Waals surface area (Å²) in [4.78, 5) is 35.3. The van der Waals surface area contributed by atoms with Crippen LogP contribution in [0.4, 0.5) is 0 Å². The highest BCUT2D eigenvalue weighted by Gasteiger charge is 2.25. The minimum Gasteiger partial charge on any atom is -0.473 e. The number of carbonyl (C=O) groups is 1. The number of aromatic nitrogens is 3. The molecule has 0 aliphatic carbocycles. The number of amides is 1. The molecule has 1 aliphatic rings. The van der Waals surface area contributed by atoms with Crippen molar-refractivity contribution in [1.29, 1.82) is 5.26 Å². The largest absolute Gasteiger partial charge is 0.473 e. The number of para-hydroxylation sites is 1. The monoisotopic (exact) mass is 389 g/mol. The summed E-state index contributed by atoms with van der Waals surface area (Å²) in [6.07, 6.45) is 4.18. The predicted octanol–water partition coefficient (Wildman–Crippen LogP) is 1.73. The van der Waals surface area contributed by atoms with Crippen molar-refractivity contribution in [3.8, 4) is 11.9 Å². The minimum absolute atomic E-state index is 0.0407.